The fourth-order valence-corrected chi connectivity index (χ4v) is 3.36. The van der Waals surface area contributed by atoms with Crippen molar-refractivity contribution in [2.45, 2.75) is 13.5 Å². The molecule has 27 heavy (non-hydrogen) atoms. The van der Waals surface area contributed by atoms with Crippen LogP contribution in [0.2, 0.25) is 0 Å². The highest BCUT2D eigenvalue weighted by molar-refractivity contribution is 5.84. The van der Waals surface area contributed by atoms with E-state index in [0.717, 1.165) is 47.6 Å². The van der Waals surface area contributed by atoms with Crippen molar-refractivity contribution in [3.05, 3.63) is 60.0 Å². The van der Waals surface area contributed by atoms with Crippen LogP contribution in [-0.4, -0.2) is 53.6 Å². The zero-order valence-corrected chi connectivity index (χ0v) is 15.4. The fraction of sp³-hybridized carbons (Fsp3) is 0.333. The van der Waals surface area contributed by atoms with E-state index < -0.39 is 0 Å². The second-order valence-corrected chi connectivity index (χ2v) is 6.89. The van der Waals surface area contributed by atoms with Gasteiger partial charge in [-0.05, 0) is 29.8 Å². The SMILES string of the molecule is Cc1cc(CN2CCN(C(=O)COc3ccc4ccccc4c3)CC2)on1. The van der Waals surface area contributed by atoms with Crippen LogP contribution in [0.5, 0.6) is 5.75 Å². The number of hydrogen-bond acceptors (Lipinski definition) is 5. The van der Waals surface area contributed by atoms with Gasteiger partial charge in [-0.2, -0.15) is 0 Å². The summed E-state index contributed by atoms with van der Waals surface area (Å²) in [5.74, 6) is 1.62. The number of nitrogens with zero attached hydrogens (tertiary/aromatic N) is 3. The lowest BCUT2D eigenvalue weighted by Gasteiger charge is -2.34. The van der Waals surface area contributed by atoms with Gasteiger partial charge in [-0.3, -0.25) is 9.69 Å². The monoisotopic (exact) mass is 365 g/mol. The standard InChI is InChI=1S/C21H23N3O3/c1-16-12-20(27-22-16)14-23-8-10-24(11-9-23)21(25)15-26-19-7-6-17-4-2-3-5-18(17)13-19/h2-7,12-13H,8-11,14-15H2,1H3. The molecule has 0 aliphatic carbocycles. The Morgan fingerprint density at radius 3 is 2.59 bits per heavy atom. The van der Waals surface area contributed by atoms with Crippen LogP contribution in [0.4, 0.5) is 0 Å². The minimum atomic E-state index is 0.0262. The topological polar surface area (TPSA) is 58.8 Å². The summed E-state index contributed by atoms with van der Waals surface area (Å²) in [7, 11) is 0. The van der Waals surface area contributed by atoms with E-state index in [1.165, 1.54) is 0 Å². The van der Waals surface area contributed by atoms with Crippen molar-refractivity contribution in [3.63, 3.8) is 0 Å². The number of hydrogen-bond donors (Lipinski definition) is 0. The van der Waals surface area contributed by atoms with Crippen LogP contribution in [0.25, 0.3) is 10.8 Å². The molecule has 1 aliphatic rings. The van der Waals surface area contributed by atoms with E-state index in [1.807, 2.05) is 54.3 Å². The smallest absolute Gasteiger partial charge is 0.260 e. The number of ether oxygens (including phenoxy) is 1. The molecule has 1 amide bonds. The molecular formula is C21H23N3O3. The van der Waals surface area contributed by atoms with Gasteiger partial charge >= 0.3 is 0 Å². The predicted octanol–water partition coefficient (Wildman–Crippen LogP) is 2.86. The van der Waals surface area contributed by atoms with Gasteiger partial charge in [0, 0.05) is 32.2 Å². The quantitative estimate of drug-likeness (QED) is 0.696. The molecule has 0 spiro atoms. The molecule has 4 rings (SSSR count). The van der Waals surface area contributed by atoms with Crippen LogP contribution >= 0.6 is 0 Å². The number of amides is 1. The van der Waals surface area contributed by atoms with Crippen LogP contribution in [0.15, 0.2) is 53.1 Å². The second-order valence-electron chi connectivity index (χ2n) is 6.89. The Hall–Kier alpha value is -2.86. The van der Waals surface area contributed by atoms with E-state index in [4.69, 9.17) is 9.26 Å². The van der Waals surface area contributed by atoms with Crippen molar-refractivity contribution in [1.29, 1.82) is 0 Å². The molecule has 6 heteroatoms. The first-order valence-corrected chi connectivity index (χ1v) is 9.21. The molecule has 2 heterocycles. The molecule has 1 fully saturated rings. The highest BCUT2D eigenvalue weighted by Crippen LogP contribution is 2.20. The summed E-state index contributed by atoms with van der Waals surface area (Å²) in [5.41, 5.74) is 0.893. The van der Waals surface area contributed by atoms with Crippen LogP contribution < -0.4 is 4.74 Å². The number of aromatic nitrogens is 1. The molecule has 0 unspecified atom stereocenters. The van der Waals surface area contributed by atoms with E-state index in [2.05, 4.69) is 16.1 Å². The van der Waals surface area contributed by atoms with Crippen LogP contribution in [-0.2, 0) is 11.3 Å². The van der Waals surface area contributed by atoms with Crippen LogP contribution in [0.1, 0.15) is 11.5 Å². The van der Waals surface area contributed by atoms with Crippen molar-refractivity contribution in [1.82, 2.24) is 15.0 Å². The van der Waals surface area contributed by atoms with E-state index in [0.29, 0.717) is 13.1 Å². The van der Waals surface area contributed by atoms with E-state index in [-0.39, 0.29) is 12.5 Å². The largest absolute Gasteiger partial charge is 0.484 e. The van der Waals surface area contributed by atoms with Gasteiger partial charge in [-0.25, -0.2) is 0 Å². The van der Waals surface area contributed by atoms with Gasteiger partial charge in [0.1, 0.15) is 5.75 Å². The van der Waals surface area contributed by atoms with Gasteiger partial charge in [-0.15, -0.1) is 0 Å². The Bertz CT molecular complexity index is 929. The van der Waals surface area contributed by atoms with E-state index in [9.17, 15) is 4.79 Å². The van der Waals surface area contributed by atoms with Crippen LogP contribution in [0.3, 0.4) is 0 Å². The first kappa shape index (κ1) is 17.5. The highest BCUT2D eigenvalue weighted by Gasteiger charge is 2.22. The Labute approximate surface area is 158 Å². The summed E-state index contributed by atoms with van der Waals surface area (Å²) in [4.78, 5) is 16.6. The zero-order chi connectivity index (χ0) is 18.6. The first-order chi connectivity index (χ1) is 13.2. The summed E-state index contributed by atoms with van der Waals surface area (Å²) in [6.07, 6.45) is 0. The summed E-state index contributed by atoms with van der Waals surface area (Å²) in [6.45, 7) is 5.76. The molecule has 0 saturated carbocycles. The van der Waals surface area contributed by atoms with Crippen molar-refractivity contribution < 1.29 is 14.1 Å². The average Bonchev–Trinajstić information content (AvgIpc) is 3.11. The molecule has 6 nitrogen and oxygen atoms in total. The molecule has 1 saturated heterocycles. The second kappa shape index (κ2) is 7.80. The van der Waals surface area contributed by atoms with E-state index in [1.54, 1.807) is 0 Å². The number of rotatable bonds is 5. The number of aryl methyl sites for hydroxylation is 1. The number of carbonyl (C=O) groups excluding carboxylic acids is 1. The molecule has 1 aromatic heterocycles. The van der Waals surface area contributed by atoms with Crippen molar-refractivity contribution in [2.75, 3.05) is 32.8 Å². The Morgan fingerprint density at radius 2 is 1.85 bits per heavy atom. The van der Waals surface area contributed by atoms with Crippen molar-refractivity contribution in [2.24, 2.45) is 0 Å². The van der Waals surface area contributed by atoms with Gasteiger partial charge in [0.05, 0.1) is 12.2 Å². The fourth-order valence-electron chi connectivity index (χ4n) is 3.36. The Balaban J connectivity index is 1.26. The average molecular weight is 365 g/mol. The molecule has 2 aromatic carbocycles. The minimum Gasteiger partial charge on any atom is -0.484 e. The summed E-state index contributed by atoms with van der Waals surface area (Å²) in [5, 5.41) is 6.19. The van der Waals surface area contributed by atoms with Gasteiger partial charge < -0.3 is 14.2 Å². The molecule has 0 N–H and O–H groups in total. The molecule has 1 aliphatic heterocycles. The van der Waals surface area contributed by atoms with Gasteiger partial charge in [0.2, 0.25) is 0 Å². The summed E-state index contributed by atoms with van der Waals surface area (Å²) < 4.78 is 11.0. The molecule has 0 bridgehead atoms. The lowest BCUT2D eigenvalue weighted by atomic mass is 10.1. The predicted molar refractivity (Wildman–Crippen MR) is 103 cm³/mol. The molecule has 3 aromatic rings. The Kier molecular flexibility index (Phi) is 5.07. The number of benzene rings is 2. The lowest BCUT2D eigenvalue weighted by Crippen LogP contribution is -2.49. The first-order valence-electron chi connectivity index (χ1n) is 9.21. The van der Waals surface area contributed by atoms with E-state index >= 15 is 0 Å². The zero-order valence-electron chi connectivity index (χ0n) is 15.4. The molecular weight excluding hydrogens is 342 g/mol. The normalized spacial score (nSPS) is 15.2. The number of piperazine rings is 1. The third-order valence-corrected chi connectivity index (χ3v) is 4.86. The molecule has 0 radical (unpaired) electrons. The maximum Gasteiger partial charge on any atom is 0.260 e. The summed E-state index contributed by atoms with van der Waals surface area (Å²) >= 11 is 0. The highest BCUT2D eigenvalue weighted by atomic mass is 16.5. The third-order valence-electron chi connectivity index (χ3n) is 4.86. The van der Waals surface area contributed by atoms with Gasteiger partial charge in [-0.1, -0.05) is 35.5 Å². The van der Waals surface area contributed by atoms with Crippen molar-refractivity contribution >= 4 is 16.7 Å². The third kappa shape index (κ3) is 4.28. The maximum atomic E-state index is 12.5. The van der Waals surface area contributed by atoms with Gasteiger partial charge in [0.25, 0.3) is 5.91 Å². The van der Waals surface area contributed by atoms with Gasteiger partial charge in [0.15, 0.2) is 12.4 Å². The molecule has 140 valence electrons. The van der Waals surface area contributed by atoms with Crippen LogP contribution in [0, 0.1) is 6.92 Å². The number of carbonyl (C=O) groups is 1. The van der Waals surface area contributed by atoms with Crippen molar-refractivity contribution in [3.8, 4) is 5.75 Å². The summed E-state index contributed by atoms with van der Waals surface area (Å²) in [6, 6.07) is 16.0. The minimum absolute atomic E-state index is 0.0262. The molecule has 0 atom stereocenters. The Morgan fingerprint density at radius 1 is 1.07 bits per heavy atom. The lowest BCUT2D eigenvalue weighted by molar-refractivity contribution is -0.135. The number of fused-ring (bicyclic) bond motifs is 1. The maximum absolute atomic E-state index is 12.5.